The van der Waals surface area contributed by atoms with Gasteiger partial charge < -0.3 is 10.6 Å². The van der Waals surface area contributed by atoms with Crippen LogP contribution in [-0.2, 0) is 6.54 Å². The first-order valence-corrected chi connectivity index (χ1v) is 7.14. The van der Waals surface area contributed by atoms with Crippen molar-refractivity contribution in [2.24, 2.45) is 10.9 Å². The summed E-state index contributed by atoms with van der Waals surface area (Å²) in [4.78, 5) is 8.80. The fourth-order valence-corrected chi connectivity index (χ4v) is 1.71. The molecule has 0 aromatic carbocycles. The lowest BCUT2D eigenvalue weighted by atomic mass is 10.1. The third-order valence-corrected chi connectivity index (χ3v) is 2.72. The van der Waals surface area contributed by atoms with Crippen LogP contribution in [0, 0.1) is 5.92 Å². The molecule has 4 heteroatoms. The van der Waals surface area contributed by atoms with E-state index in [4.69, 9.17) is 0 Å². The van der Waals surface area contributed by atoms with Crippen molar-refractivity contribution in [3.8, 4) is 0 Å². The van der Waals surface area contributed by atoms with Gasteiger partial charge in [-0.2, -0.15) is 0 Å². The molecule has 1 rings (SSSR count). The molecule has 1 aromatic heterocycles. The third-order valence-electron chi connectivity index (χ3n) is 2.72. The first kappa shape index (κ1) is 15.5. The van der Waals surface area contributed by atoms with Crippen molar-refractivity contribution in [3.63, 3.8) is 0 Å². The Morgan fingerprint density at radius 1 is 1.32 bits per heavy atom. The molecule has 0 amide bonds. The summed E-state index contributed by atoms with van der Waals surface area (Å²) in [6, 6.07) is 5.90. The van der Waals surface area contributed by atoms with Crippen LogP contribution >= 0.6 is 0 Å². The molecule has 0 aliphatic heterocycles. The molecule has 4 nitrogen and oxygen atoms in total. The summed E-state index contributed by atoms with van der Waals surface area (Å²) in [7, 11) is 0. The summed E-state index contributed by atoms with van der Waals surface area (Å²) in [6.45, 7) is 9.03. The number of aliphatic imine (C=N–C) groups is 1. The van der Waals surface area contributed by atoms with Crippen molar-refractivity contribution in [2.75, 3.05) is 13.1 Å². The molecule has 0 fully saturated rings. The molecule has 0 atom stereocenters. The Morgan fingerprint density at radius 2 is 2.16 bits per heavy atom. The Bertz CT molecular complexity index is 360. The molecule has 0 saturated heterocycles. The Labute approximate surface area is 116 Å². The average Bonchev–Trinajstić information content (AvgIpc) is 2.41. The quantitative estimate of drug-likeness (QED) is 0.451. The molecule has 0 unspecified atom stereocenters. The number of hydrogen-bond donors (Lipinski definition) is 2. The minimum Gasteiger partial charge on any atom is -0.357 e. The van der Waals surface area contributed by atoms with E-state index >= 15 is 0 Å². The maximum Gasteiger partial charge on any atom is 0.191 e. The van der Waals surface area contributed by atoms with E-state index in [1.165, 1.54) is 12.8 Å². The Morgan fingerprint density at radius 3 is 2.79 bits per heavy atom. The molecule has 2 N–H and O–H groups in total. The number of hydrogen-bond acceptors (Lipinski definition) is 2. The fourth-order valence-electron chi connectivity index (χ4n) is 1.71. The van der Waals surface area contributed by atoms with Crippen LogP contribution in [-0.4, -0.2) is 24.0 Å². The molecule has 0 bridgehead atoms. The zero-order valence-electron chi connectivity index (χ0n) is 12.3. The molecule has 0 spiro atoms. The van der Waals surface area contributed by atoms with Crippen LogP contribution in [0.5, 0.6) is 0 Å². The van der Waals surface area contributed by atoms with Crippen LogP contribution in [0.3, 0.4) is 0 Å². The standard InChI is InChI=1S/C15H26N4/c1-4-16-15(18-11-7-8-13(2)3)19-12-14-9-5-6-10-17-14/h5-6,9-10,13H,4,7-8,11-12H2,1-3H3,(H2,16,18,19). The van der Waals surface area contributed by atoms with Gasteiger partial charge in [0.05, 0.1) is 12.2 Å². The van der Waals surface area contributed by atoms with Gasteiger partial charge in [0.2, 0.25) is 0 Å². The first-order valence-electron chi connectivity index (χ1n) is 7.14. The van der Waals surface area contributed by atoms with Gasteiger partial charge in [0.1, 0.15) is 0 Å². The van der Waals surface area contributed by atoms with E-state index in [0.717, 1.165) is 30.7 Å². The molecule has 0 aliphatic rings. The van der Waals surface area contributed by atoms with E-state index in [1.807, 2.05) is 18.2 Å². The SMILES string of the molecule is CCNC(=NCc1ccccn1)NCCCC(C)C. The number of nitrogens with zero attached hydrogens (tertiary/aromatic N) is 2. The van der Waals surface area contributed by atoms with E-state index in [9.17, 15) is 0 Å². The van der Waals surface area contributed by atoms with Gasteiger partial charge in [0, 0.05) is 19.3 Å². The topological polar surface area (TPSA) is 49.3 Å². The number of aromatic nitrogens is 1. The van der Waals surface area contributed by atoms with Crippen molar-refractivity contribution >= 4 is 5.96 Å². The van der Waals surface area contributed by atoms with Crippen molar-refractivity contribution in [1.29, 1.82) is 0 Å². The third kappa shape index (κ3) is 7.44. The monoisotopic (exact) mass is 262 g/mol. The van der Waals surface area contributed by atoms with Crippen molar-refractivity contribution in [1.82, 2.24) is 15.6 Å². The molecule has 1 heterocycles. The second-order valence-corrected chi connectivity index (χ2v) is 4.98. The predicted molar refractivity (Wildman–Crippen MR) is 81.1 cm³/mol. The Kier molecular flexibility index (Phi) is 7.63. The molecular formula is C15H26N4. The van der Waals surface area contributed by atoms with Crippen LogP contribution in [0.1, 0.15) is 39.3 Å². The summed E-state index contributed by atoms with van der Waals surface area (Å²) >= 11 is 0. The lowest BCUT2D eigenvalue weighted by molar-refractivity contribution is 0.549. The normalized spacial score (nSPS) is 11.7. The van der Waals surface area contributed by atoms with E-state index < -0.39 is 0 Å². The number of guanidine groups is 1. The Balaban J connectivity index is 2.38. The Hall–Kier alpha value is -1.58. The minimum atomic E-state index is 0.611. The van der Waals surface area contributed by atoms with Gasteiger partial charge in [0.25, 0.3) is 0 Å². The molecule has 0 saturated carbocycles. The highest BCUT2D eigenvalue weighted by Crippen LogP contribution is 2.01. The van der Waals surface area contributed by atoms with Gasteiger partial charge >= 0.3 is 0 Å². The highest BCUT2D eigenvalue weighted by atomic mass is 15.2. The second-order valence-electron chi connectivity index (χ2n) is 4.98. The lowest BCUT2D eigenvalue weighted by Gasteiger charge is -2.11. The maximum atomic E-state index is 4.53. The van der Waals surface area contributed by atoms with E-state index in [-0.39, 0.29) is 0 Å². The number of nitrogens with one attached hydrogen (secondary N) is 2. The molecule has 19 heavy (non-hydrogen) atoms. The molecule has 106 valence electrons. The van der Waals surface area contributed by atoms with Crippen LogP contribution in [0.4, 0.5) is 0 Å². The molecule has 0 aliphatic carbocycles. The molecule has 1 aromatic rings. The van der Waals surface area contributed by atoms with Crippen molar-refractivity contribution < 1.29 is 0 Å². The molecule has 0 radical (unpaired) electrons. The van der Waals surface area contributed by atoms with Crippen LogP contribution < -0.4 is 10.6 Å². The van der Waals surface area contributed by atoms with E-state index in [1.54, 1.807) is 6.20 Å². The van der Waals surface area contributed by atoms with Crippen LogP contribution in [0.25, 0.3) is 0 Å². The fraction of sp³-hybridized carbons (Fsp3) is 0.600. The van der Waals surface area contributed by atoms with Crippen molar-refractivity contribution in [3.05, 3.63) is 30.1 Å². The minimum absolute atomic E-state index is 0.611. The van der Waals surface area contributed by atoms with E-state index in [0.29, 0.717) is 6.54 Å². The number of pyridine rings is 1. The van der Waals surface area contributed by atoms with E-state index in [2.05, 4.69) is 41.4 Å². The molecular weight excluding hydrogens is 236 g/mol. The summed E-state index contributed by atoms with van der Waals surface area (Å²) < 4.78 is 0. The largest absolute Gasteiger partial charge is 0.357 e. The van der Waals surface area contributed by atoms with Crippen LogP contribution in [0.2, 0.25) is 0 Å². The maximum absolute atomic E-state index is 4.53. The smallest absolute Gasteiger partial charge is 0.191 e. The van der Waals surface area contributed by atoms with Gasteiger partial charge in [-0.15, -0.1) is 0 Å². The predicted octanol–water partition coefficient (Wildman–Crippen LogP) is 2.57. The van der Waals surface area contributed by atoms with Gasteiger partial charge in [-0.3, -0.25) is 4.98 Å². The average molecular weight is 262 g/mol. The second kappa shape index (κ2) is 9.36. The first-order chi connectivity index (χ1) is 9.22. The highest BCUT2D eigenvalue weighted by molar-refractivity contribution is 5.79. The van der Waals surface area contributed by atoms with Crippen LogP contribution in [0.15, 0.2) is 29.4 Å². The number of rotatable bonds is 7. The van der Waals surface area contributed by atoms with Gasteiger partial charge in [-0.1, -0.05) is 19.9 Å². The van der Waals surface area contributed by atoms with Gasteiger partial charge in [-0.05, 0) is 37.8 Å². The van der Waals surface area contributed by atoms with Gasteiger partial charge in [-0.25, -0.2) is 4.99 Å². The zero-order valence-corrected chi connectivity index (χ0v) is 12.3. The zero-order chi connectivity index (χ0) is 13.9. The van der Waals surface area contributed by atoms with Gasteiger partial charge in [0.15, 0.2) is 5.96 Å². The summed E-state index contributed by atoms with van der Waals surface area (Å²) in [5.74, 6) is 1.63. The highest BCUT2D eigenvalue weighted by Gasteiger charge is 1.98. The lowest BCUT2D eigenvalue weighted by Crippen LogP contribution is -2.37. The van der Waals surface area contributed by atoms with Crippen molar-refractivity contribution in [2.45, 2.75) is 40.2 Å². The summed E-state index contributed by atoms with van der Waals surface area (Å²) in [6.07, 6.45) is 4.21. The summed E-state index contributed by atoms with van der Waals surface area (Å²) in [5.41, 5.74) is 0.988. The summed E-state index contributed by atoms with van der Waals surface area (Å²) in [5, 5.41) is 6.61.